The molecule has 0 aromatic heterocycles. The van der Waals surface area contributed by atoms with Crippen LogP contribution in [0, 0.1) is 0 Å². The average Bonchev–Trinajstić information content (AvgIpc) is 2.60. The molecule has 0 unspecified atom stereocenters. The molecule has 0 aromatic rings. The van der Waals surface area contributed by atoms with Crippen molar-refractivity contribution >= 4 is 12.2 Å². The summed E-state index contributed by atoms with van der Waals surface area (Å²) in [6, 6.07) is 0. The summed E-state index contributed by atoms with van der Waals surface area (Å²) >= 11 is 0. The highest BCUT2D eigenvalue weighted by Gasteiger charge is 2.29. The predicted molar refractivity (Wildman–Crippen MR) is 70.2 cm³/mol. The summed E-state index contributed by atoms with van der Waals surface area (Å²) in [5, 5.41) is 0. The van der Waals surface area contributed by atoms with E-state index >= 15 is 0 Å². The third kappa shape index (κ3) is 5.19. The van der Waals surface area contributed by atoms with E-state index in [2.05, 4.69) is 0 Å². The lowest BCUT2D eigenvalue weighted by atomic mass is 10.2. The molecule has 0 saturated heterocycles. The molecule has 0 spiro atoms. The van der Waals surface area contributed by atoms with Crippen molar-refractivity contribution in [1.82, 2.24) is 9.80 Å². The average molecular weight is 270 g/mol. The fraction of sp³-hybridized carbons (Fsp3) is 0.692. The molecule has 0 N–H and O–H groups in total. The molecule has 19 heavy (non-hydrogen) atoms. The van der Waals surface area contributed by atoms with Crippen molar-refractivity contribution < 1.29 is 19.1 Å². The first-order valence-electron chi connectivity index (χ1n) is 6.15. The molecule has 1 heterocycles. The number of ether oxygens (including phenoxy) is 2. The molecule has 0 aromatic carbocycles. The van der Waals surface area contributed by atoms with Gasteiger partial charge in [-0.1, -0.05) is 0 Å². The van der Waals surface area contributed by atoms with Crippen LogP contribution in [0.15, 0.2) is 12.4 Å². The second kappa shape index (κ2) is 5.11. The van der Waals surface area contributed by atoms with Crippen LogP contribution in [-0.2, 0) is 9.47 Å². The molecule has 0 aliphatic carbocycles. The molecule has 0 bridgehead atoms. The second-order valence-corrected chi connectivity index (χ2v) is 6.34. The van der Waals surface area contributed by atoms with Crippen molar-refractivity contribution in [3.8, 4) is 0 Å². The number of hydrogen-bond acceptors (Lipinski definition) is 4. The van der Waals surface area contributed by atoms with Gasteiger partial charge in [-0.15, -0.1) is 0 Å². The number of carbonyl (C=O) groups is 2. The van der Waals surface area contributed by atoms with Crippen LogP contribution in [0.2, 0.25) is 0 Å². The van der Waals surface area contributed by atoms with E-state index in [1.54, 1.807) is 41.5 Å². The fourth-order valence-electron chi connectivity index (χ4n) is 1.30. The first kappa shape index (κ1) is 15.3. The molecule has 6 heteroatoms. The monoisotopic (exact) mass is 270 g/mol. The summed E-state index contributed by atoms with van der Waals surface area (Å²) in [5.41, 5.74) is -1.13. The maximum Gasteiger partial charge on any atom is 0.415 e. The fourth-order valence-corrected chi connectivity index (χ4v) is 1.30. The van der Waals surface area contributed by atoms with E-state index in [4.69, 9.17) is 9.47 Å². The van der Waals surface area contributed by atoms with Crippen LogP contribution in [0.3, 0.4) is 0 Å². The molecule has 0 fully saturated rings. The Bertz CT molecular complexity index is 354. The van der Waals surface area contributed by atoms with Gasteiger partial charge in [-0.05, 0) is 41.5 Å². The minimum Gasteiger partial charge on any atom is -0.443 e. The number of rotatable bonds is 0. The Morgan fingerprint density at radius 1 is 0.842 bits per heavy atom. The molecule has 6 nitrogen and oxygen atoms in total. The van der Waals surface area contributed by atoms with Crippen LogP contribution in [0.1, 0.15) is 41.5 Å². The van der Waals surface area contributed by atoms with Gasteiger partial charge in [0.2, 0.25) is 0 Å². The van der Waals surface area contributed by atoms with Gasteiger partial charge < -0.3 is 9.47 Å². The van der Waals surface area contributed by atoms with Crippen LogP contribution in [0.4, 0.5) is 9.59 Å². The van der Waals surface area contributed by atoms with Crippen LogP contribution in [0.5, 0.6) is 0 Å². The van der Waals surface area contributed by atoms with Crippen LogP contribution in [-0.4, -0.2) is 39.9 Å². The largest absolute Gasteiger partial charge is 0.443 e. The first-order valence-corrected chi connectivity index (χ1v) is 6.15. The summed E-state index contributed by atoms with van der Waals surface area (Å²) in [4.78, 5) is 26.2. The molecule has 1 aliphatic rings. The third-order valence-corrected chi connectivity index (χ3v) is 1.99. The van der Waals surface area contributed by atoms with Gasteiger partial charge in [-0.3, -0.25) is 9.80 Å². The Morgan fingerprint density at radius 2 is 1.16 bits per heavy atom. The number of nitrogens with zero attached hydrogens (tertiary/aromatic N) is 2. The standard InChI is InChI=1S/C13H22N2O4/c1-12(2,3)18-10(16)14-7-8-15(9-14)11(17)19-13(4,5)6/h7-8H,9H2,1-6H3. The zero-order valence-electron chi connectivity index (χ0n) is 12.4. The molecule has 1 rings (SSSR count). The topological polar surface area (TPSA) is 59.1 Å². The van der Waals surface area contributed by atoms with Gasteiger partial charge in [-0.2, -0.15) is 0 Å². The van der Waals surface area contributed by atoms with Gasteiger partial charge in [0.25, 0.3) is 0 Å². The van der Waals surface area contributed by atoms with Gasteiger partial charge in [-0.25, -0.2) is 9.59 Å². The van der Waals surface area contributed by atoms with Gasteiger partial charge in [0.1, 0.15) is 17.9 Å². The van der Waals surface area contributed by atoms with E-state index in [-0.39, 0.29) is 6.67 Å². The maximum absolute atomic E-state index is 11.8. The highest BCUT2D eigenvalue weighted by Crippen LogP contribution is 2.16. The van der Waals surface area contributed by atoms with Crippen LogP contribution < -0.4 is 0 Å². The summed E-state index contributed by atoms with van der Waals surface area (Å²) in [7, 11) is 0. The van der Waals surface area contributed by atoms with Crippen LogP contribution in [0.25, 0.3) is 0 Å². The summed E-state index contributed by atoms with van der Waals surface area (Å²) in [5.74, 6) is 0. The van der Waals surface area contributed by atoms with Crippen molar-refractivity contribution in [2.45, 2.75) is 52.7 Å². The van der Waals surface area contributed by atoms with E-state index < -0.39 is 23.4 Å². The normalized spacial score (nSPS) is 15.7. The van der Waals surface area contributed by atoms with Crippen molar-refractivity contribution in [1.29, 1.82) is 0 Å². The Labute approximate surface area is 113 Å². The molecule has 2 amide bonds. The molecule has 1 aliphatic heterocycles. The van der Waals surface area contributed by atoms with Gasteiger partial charge in [0.05, 0.1) is 0 Å². The van der Waals surface area contributed by atoms with Crippen LogP contribution >= 0.6 is 0 Å². The lowest BCUT2D eigenvalue weighted by Gasteiger charge is -2.26. The van der Waals surface area contributed by atoms with Crippen molar-refractivity contribution in [3.63, 3.8) is 0 Å². The zero-order valence-corrected chi connectivity index (χ0v) is 12.4. The van der Waals surface area contributed by atoms with E-state index in [1.165, 1.54) is 22.2 Å². The van der Waals surface area contributed by atoms with Crippen molar-refractivity contribution in [2.75, 3.05) is 6.67 Å². The minimum atomic E-state index is -0.565. The summed E-state index contributed by atoms with van der Waals surface area (Å²) in [6.07, 6.45) is 2.01. The Hall–Kier alpha value is -1.72. The lowest BCUT2D eigenvalue weighted by Crippen LogP contribution is -2.39. The maximum atomic E-state index is 11.8. The molecule has 0 saturated carbocycles. The highest BCUT2D eigenvalue weighted by molar-refractivity contribution is 5.74. The lowest BCUT2D eigenvalue weighted by molar-refractivity contribution is 0.0199. The SMILES string of the molecule is CC(C)(C)OC(=O)N1C=CN(C(=O)OC(C)(C)C)C1. The number of hydrogen-bond donors (Lipinski definition) is 0. The predicted octanol–water partition coefficient (Wildman–Crippen LogP) is 2.90. The number of carbonyl (C=O) groups excluding carboxylic acids is 2. The molecule has 108 valence electrons. The third-order valence-electron chi connectivity index (χ3n) is 1.99. The number of amides is 2. The quantitative estimate of drug-likeness (QED) is 0.679. The van der Waals surface area contributed by atoms with E-state index in [0.717, 1.165) is 0 Å². The van der Waals surface area contributed by atoms with Gasteiger partial charge in [0, 0.05) is 12.4 Å². The minimum absolute atomic E-state index is 0.101. The smallest absolute Gasteiger partial charge is 0.415 e. The van der Waals surface area contributed by atoms with E-state index in [9.17, 15) is 9.59 Å². The zero-order chi connectivity index (χ0) is 14.8. The Kier molecular flexibility index (Phi) is 4.12. The van der Waals surface area contributed by atoms with E-state index in [1.807, 2.05) is 0 Å². The Morgan fingerprint density at radius 3 is 1.42 bits per heavy atom. The Balaban J connectivity index is 2.53. The van der Waals surface area contributed by atoms with Gasteiger partial charge in [0.15, 0.2) is 0 Å². The summed E-state index contributed by atoms with van der Waals surface area (Å²) < 4.78 is 10.4. The summed E-state index contributed by atoms with van der Waals surface area (Å²) in [6.45, 7) is 10.8. The van der Waals surface area contributed by atoms with Crippen molar-refractivity contribution in [2.24, 2.45) is 0 Å². The molecular weight excluding hydrogens is 248 g/mol. The molecule has 0 radical (unpaired) electrons. The molecule has 0 atom stereocenters. The van der Waals surface area contributed by atoms with Gasteiger partial charge >= 0.3 is 12.2 Å². The van der Waals surface area contributed by atoms with Crippen molar-refractivity contribution in [3.05, 3.63) is 12.4 Å². The highest BCUT2D eigenvalue weighted by atomic mass is 16.6. The van der Waals surface area contributed by atoms with E-state index in [0.29, 0.717) is 0 Å². The molecular formula is C13H22N2O4. The first-order chi connectivity index (χ1) is 8.48. The second-order valence-electron chi connectivity index (χ2n) is 6.34.